The van der Waals surface area contributed by atoms with Crippen molar-refractivity contribution in [1.29, 1.82) is 0 Å². The van der Waals surface area contributed by atoms with Crippen molar-refractivity contribution in [3.8, 4) is 0 Å². The van der Waals surface area contributed by atoms with Crippen LogP contribution in [0.25, 0.3) is 0 Å². The second kappa shape index (κ2) is 6.51. The zero-order chi connectivity index (χ0) is 19.2. The van der Waals surface area contributed by atoms with E-state index in [2.05, 4.69) is 0 Å². The SMILES string of the molecule is Cc1ccc(S(=O)(=O)N2C(=O)c3ccccc3C2c2ccc(Cl)cc2)cc1. The molecule has 3 aromatic rings. The highest BCUT2D eigenvalue weighted by atomic mass is 35.5. The van der Waals surface area contributed by atoms with Gasteiger partial charge in [0.25, 0.3) is 15.9 Å². The number of rotatable bonds is 3. The van der Waals surface area contributed by atoms with E-state index in [0.29, 0.717) is 21.7 Å². The number of halogens is 1. The normalized spacial score (nSPS) is 16.4. The second-order valence-electron chi connectivity index (χ2n) is 6.46. The summed E-state index contributed by atoms with van der Waals surface area (Å²) in [6, 6.07) is 19.6. The maximum atomic E-state index is 13.4. The summed E-state index contributed by atoms with van der Waals surface area (Å²) >= 11 is 5.99. The van der Waals surface area contributed by atoms with E-state index in [-0.39, 0.29) is 4.90 Å². The summed E-state index contributed by atoms with van der Waals surface area (Å²) in [6.07, 6.45) is 0. The smallest absolute Gasteiger partial charge is 0.268 e. The van der Waals surface area contributed by atoms with Crippen LogP contribution in [0.5, 0.6) is 0 Å². The number of carbonyl (C=O) groups is 1. The molecule has 1 atom stereocenters. The molecule has 136 valence electrons. The zero-order valence-corrected chi connectivity index (χ0v) is 16.0. The van der Waals surface area contributed by atoms with Crippen LogP contribution in [0, 0.1) is 6.92 Å². The van der Waals surface area contributed by atoms with Gasteiger partial charge in [-0.05, 0) is 48.4 Å². The average molecular weight is 398 g/mol. The van der Waals surface area contributed by atoms with Crippen LogP contribution in [0.2, 0.25) is 5.02 Å². The Bertz CT molecular complexity index is 1120. The summed E-state index contributed by atoms with van der Waals surface area (Å²) in [6.45, 7) is 1.88. The van der Waals surface area contributed by atoms with Gasteiger partial charge in [-0.2, -0.15) is 0 Å². The van der Waals surface area contributed by atoms with Gasteiger partial charge in [0.1, 0.15) is 0 Å². The lowest BCUT2D eigenvalue weighted by Crippen LogP contribution is -2.35. The standard InChI is InChI=1S/C21H16ClNO3S/c1-14-6-12-17(13-7-14)27(25,26)23-20(15-8-10-16(22)11-9-15)18-4-2-3-5-19(18)21(23)24/h2-13,20H,1H3. The number of nitrogens with zero attached hydrogens (tertiary/aromatic N) is 1. The number of hydrogen-bond acceptors (Lipinski definition) is 3. The first-order valence-electron chi connectivity index (χ1n) is 8.39. The van der Waals surface area contributed by atoms with E-state index in [9.17, 15) is 13.2 Å². The molecule has 0 saturated carbocycles. The first-order valence-corrected chi connectivity index (χ1v) is 10.2. The van der Waals surface area contributed by atoms with Gasteiger partial charge in [-0.15, -0.1) is 0 Å². The van der Waals surface area contributed by atoms with Crippen LogP contribution in [0.15, 0.2) is 77.7 Å². The molecule has 0 N–H and O–H groups in total. The van der Waals surface area contributed by atoms with Gasteiger partial charge >= 0.3 is 0 Å². The highest BCUT2D eigenvalue weighted by Crippen LogP contribution is 2.42. The summed E-state index contributed by atoms with van der Waals surface area (Å²) < 4.78 is 27.7. The third-order valence-electron chi connectivity index (χ3n) is 4.68. The first-order chi connectivity index (χ1) is 12.9. The number of fused-ring (bicyclic) bond motifs is 1. The molecule has 6 heteroatoms. The number of carbonyl (C=O) groups excluding carboxylic acids is 1. The third-order valence-corrected chi connectivity index (χ3v) is 6.70. The topological polar surface area (TPSA) is 54.5 Å². The molecule has 27 heavy (non-hydrogen) atoms. The fourth-order valence-electron chi connectivity index (χ4n) is 3.32. The van der Waals surface area contributed by atoms with Crippen molar-refractivity contribution in [2.45, 2.75) is 17.9 Å². The fourth-order valence-corrected chi connectivity index (χ4v) is 4.99. The molecular weight excluding hydrogens is 382 g/mol. The molecule has 0 spiro atoms. The van der Waals surface area contributed by atoms with Crippen LogP contribution in [-0.4, -0.2) is 18.6 Å². The molecule has 3 aromatic carbocycles. The molecule has 0 fully saturated rings. The minimum absolute atomic E-state index is 0.0909. The van der Waals surface area contributed by atoms with Crippen LogP contribution < -0.4 is 0 Å². The van der Waals surface area contributed by atoms with Crippen molar-refractivity contribution in [2.75, 3.05) is 0 Å². The monoisotopic (exact) mass is 397 g/mol. The van der Waals surface area contributed by atoms with Crippen molar-refractivity contribution in [3.05, 3.63) is 100 Å². The third kappa shape index (κ3) is 2.93. The van der Waals surface area contributed by atoms with Crippen molar-refractivity contribution in [3.63, 3.8) is 0 Å². The van der Waals surface area contributed by atoms with Gasteiger partial charge in [-0.3, -0.25) is 4.79 Å². The Hall–Kier alpha value is -2.63. The highest BCUT2D eigenvalue weighted by molar-refractivity contribution is 7.89. The fraction of sp³-hybridized carbons (Fsp3) is 0.0952. The number of aryl methyl sites for hydroxylation is 1. The van der Waals surface area contributed by atoms with E-state index >= 15 is 0 Å². The number of hydrogen-bond donors (Lipinski definition) is 0. The van der Waals surface area contributed by atoms with Crippen LogP contribution in [0.3, 0.4) is 0 Å². The molecule has 1 aliphatic rings. The Balaban J connectivity index is 1.91. The minimum atomic E-state index is -4.03. The van der Waals surface area contributed by atoms with E-state index in [1.807, 2.05) is 6.92 Å². The van der Waals surface area contributed by atoms with Crippen molar-refractivity contribution < 1.29 is 13.2 Å². The summed E-state index contributed by atoms with van der Waals surface area (Å²) in [5.41, 5.74) is 2.70. The van der Waals surface area contributed by atoms with Gasteiger partial charge in [0.15, 0.2) is 0 Å². The predicted molar refractivity (Wildman–Crippen MR) is 104 cm³/mol. The lowest BCUT2D eigenvalue weighted by atomic mass is 9.99. The Morgan fingerprint density at radius 1 is 0.889 bits per heavy atom. The molecule has 1 unspecified atom stereocenters. The molecule has 1 heterocycles. The molecule has 0 radical (unpaired) electrons. The highest BCUT2D eigenvalue weighted by Gasteiger charge is 2.45. The maximum Gasteiger partial charge on any atom is 0.268 e. The van der Waals surface area contributed by atoms with Crippen LogP contribution in [-0.2, 0) is 10.0 Å². The Kier molecular flexibility index (Phi) is 4.29. The van der Waals surface area contributed by atoms with Crippen molar-refractivity contribution in [1.82, 2.24) is 4.31 Å². The average Bonchev–Trinajstić information content (AvgIpc) is 2.96. The Morgan fingerprint density at radius 2 is 1.52 bits per heavy atom. The van der Waals surface area contributed by atoms with Gasteiger partial charge in [0.05, 0.1) is 10.9 Å². The Labute approximate surface area is 163 Å². The summed E-state index contributed by atoms with van der Waals surface area (Å²) in [4.78, 5) is 13.1. The molecule has 1 amide bonds. The van der Waals surface area contributed by atoms with Crippen LogP contribution >= 0.6 is 11.6 Å². The number of sulfonamides is 1. The van der Waals surface area contributed by atoms with E-state index in [1.165, 1.54) is 12.1 Å². The zero-order valence-electron chi connectivity index (χ0n) is 14.5. The largest absolute Gasteiger partial charge is 0.268 e. The van der Waals surface area contributed by atoms with Gasteiger partial charge in [0.2, 0.25) is 0 Å². The summed E-state index contributed by atoms with van der Waals surface area (Å²) in [5.74, 6) is -0.522. The molecular formula is C21H16ClNO3S. The van der Waals surface area contributed by atoms with Gasteiger partial charge in [0, 0.05) is 10.6 Å². The quantitative estimate of drug-likeness (QED) is 0.649. The number of amides is 1. The van der Waals surface area contributed by atoms with Gasteiger partial charge < -0.3 is 0 Å². The summed E-state index contributed by atoms with van der Waals surface area (Å²) in [5, 5.41) is 0.546. The van der Waals surface area contributed by atoms with E-state index in [1.54, 1.807) is 60.7 Å². The lowest BCUT2D eigenvalue weighted by Gasteiger charge is -2.25. The maximum absolute atomic E-state index is 13.4. The van der Waals surface area contributed by atoms with Crippen LogP contribution in [0.1, 0.15) is 33.1 Å². The van der Waals surface area contributed by atoms with Gasteiger partial charge in [-0.1, -0.05) is 59.6 Å². The molecule has 1 aliphatic heterocycles. The lowest BCUT2D eigenvalue weighted by molar-refractivity contribution is 0.0865. The number of benzene rings is 3. The van der Waals surface area contributed by atoms with Crippen molar-refractivity contribution >= 4 is 27.5 Å². The molecule has 0 saturated heterocycles. The molecule has 0 aromatic heterocycles. The molecule has 4 rings (SSSR count). The van der Waals surface area contributed by atoms with Crippen molar-refractivity contribution in [2.24, 2.45) is 0 Å². The Morgan fingerprint density at radius 3 is 2.19 bits per heavy atom. The van der Waals surface area contributed by atoms with Crippen LogP contribution in [0.4, 0.5) is 0 Å². The minimum Gasteiger partial charge on any atom is -0.268 e. The van der Waals surface area contributed by atoms with Gasteiger partial charge in [-0.25, -0.2) is 12.7 Å². The summed E-state index contributed by atoms with van der Waals surface area (Å²) in [7, 11) is -4.03. The van der Waals surface area contributed by atoms with E-state index in [4.69, 9.17) is 11.6 Å². The van der Waals surface area contributed by atoms with E-state index in [0.717, 1.165) is 9.87 Å². The first kappa shape index (κ1) is 17.8. The second-order valence-corrected chi connectivity index (χ2v) is 8.71. The molecule has 4 nitrogen and oxygen atoms in total. The molecule has 0 bridgehead atoms. The predicted octanol–water partition coefficient (Wildman–Crippen LogP) is 4.58. The molecule has 0 aliphatic carbocycles. The van der Waals surface area contributed by atoms with E-state index < -0.39 is 22.0 Å².